The molecule has 1 aromatic rings. The van der Waals surface area contributed by atoms with E-state index in [0.717, 1.165) is 12.0 Å². The fraction of sp³-hybridized carbons (Fsp3) is 0.583. The highest BCUT2D eigenvalue weighted by molar-refractivity contribution is 7.88. The summed E-state index contributed by atoms with van der Waals surface area (Å²) in [6, 6.07) is 3.11. The molecule has 0 aliphatic heterocycles. The van der Waals surface area contributed by atoms with E-state index in [1.807, 2.05) is 26.0 Å². The second-order valence-corrected chi connectivity index (χ2v) is 6.42. The van der Waals surface area contributed by atoms with Gasteiger partial charge in [0.05, 0.1) is 12.3 Å². The first-order chi connectivity index (χ1) is 9.28. The van der Waals surface area contributed by atoms with Gasteiger partial charge in [-0.05, 0) is 32.4 Å². The monoisotopic (exact) mass is 303 g/mol. The molecule has 0 unspecified atom stereocenters. The smallest absolute Gasteiger partial charge is 0.315 e. The van der Waals surface area contributed by atoms with Crippen LogP contribution in [0.5, 0.6) is 0 Å². The van der Waals surface area contributed by atoms with E-state index in [0.29, 0.717) is 25.3 Å². The molecule has 0 saturated heterocycles. The van der Waals surface area contributed by atoms with Crippen molar-refractivity contribution in [2.45, 2.75) is 26.3 Å². The van der Waals surface area contributed by atoms with Crippen LogP contribution in [-0.2, 0) is 10.0 Å². The number of aryl methyl sites for hydroxylation is 1. The molecule has 0 spiro atoms. The Bertz CT molecular complexity index is 539. The minimum absolute atomic E-state index is 0.224. The Morgan fingerprint density at radius 2 is 2.05 bits per heavy atom. The maximum atomic E-state index is 11.6. The molecule has 0 bridgehead atoms. The lowest BCUT2D eigenvalue weighted by molar-refractivity contribution is 0.236. The Balaban J connectivity index is 2.20. The molecule has 0 saturated carbocycles. The number of hydrogen-bond acceptors (Lipinski definition) is 4. The summed E-state index contributed by atoms with van der Waals surface area (Å²) in [5.74, 6) is 1.48. The van der Waals surface area contributed by atoms with Crippen molar-refractivity contribution in [1.29, 1.82) is 0 Å². The van der Waals surface area contributed by atoms with Crippen LogP contribution >= 0.6 is 0 Å². The number of urea groups is 1. The molecule has 0 aliphatic rings. The van der Waals surface area contributed by atoms with Crippen LogP contribution in [0, 0.1) is 6.92 Å². The topological polar surface area (TPSA) is 100 Å². The Hall–Kier alpha value is -1.54. The van der Waals surface area contributed by atoms with Crippen LogP contribution in [0.2, 0.25) is 0 Å². The molecule has 8 heteroatoms. The zero-order valence-corrected chi connectivity index (χ0v) is 12.7. The van der Waals surface area contributed by atoms with Crippen LogP contribution < -0.4 is 15.4 Å². The normalized spacial score (nSPS) is 12.9. The molecule has 114 valence electrons. The highest BCUT2D eigenvalue weighted by atomic mass is 32.2. The summed E-state index contributed by atoms with van der Waals surface area (Å²) in [5.41, 5.74) is 0. The van der Waals surface area contributed by atoms with Crippen molar-refractivity contribution < 1.29 is 17.6 Å². The van der Waals surface area contributed by atoms with Crippen LogP contribution in [0.15, 0.2) is 16.5 Å². The van der Waals surface area contributed by atoms with E-state index in [9.17, 15) is 13.2 Å². The Morgan fingerprint density at radius 3 is 2.60 bits per heavy atom. The molecular weight excluding hydrogens is 282 g/mol. The maximum absolute atomic E-state index is 11.6. The van der Waals surface area contributed by atoms with Crippen LogP contribution in [0.3, 0.4) is 0 Å². The Kier molecular flexibility index (Phi) is 6.03. The zero-order chi connectivity index (χ0) is 15.2. The van der Waals surface area contributed by atoms with Crippen molar-refractivity contribution >= 4 is 16.1 Å². The number of furan rings is 1. The average Bonchev–Trinajstić information content (AvgIpc) is 2.74. The predicted octanol–water partition coefficient (Wildman–Crippen LogP) is 0.888. The van der Waals surface area contributed by atoms with Gasteiger partial charge in [-0.1, -0.05) is 0 Å². The lowest BCUT2D eigenvalue weighted by atomic mass is 10.2. The van der Waals surface area contributed by atoms with Crippen molar-refractivity contribution in [3.05, 3.63) is 23.7 Å². The van der Waals surface area contributed by atoms with Gasteiger partial charge in [-0.15, -0.1) is 0 Å². The summed E-state index contributed by atoms with van der Waals surface area (Å²) >= 11 is 0. The van der Waals surface area contributed by atoms with Gasteiger partial charge in [0.1, 0.15) is 11.5 Å². The van der Waals surface area contributed by atoms with E-state index < -0.39 is 10.0 Å². The first kappa shape index (κ1) is 16.5. The third kappa shape index (κ3) is 6.58. The second kappa shape index (κ2) is 7.30. The molecule has 2 amide bonds. The highest BCUT2D eigenvalue weighted by Gasteiger charge is 2.12. The van der Waals surface area contributed by atoms with Crippen LogP contribution in [-0.4, -0.2) is 33.8 Å². The second-order valence-electron chi connectivity index (χ2n) is 4.59. The van der Waals surface area contributed by atoms with E-state index in [1.54, 1.807) is 0 Å². The number of rotatable bonds is 7. The predicted molar refractivity (Wildman–Crippen MR) is 75.9 cm³/mol. The van der Waals surface area contributed by atoms with Gasteiger partial charge in [0, 0.05) is 13.1 Å². The number of hydrogen-bond donors (Lipinski definition) is 3. The highest BCUT2D eigenvalue weighted by Crippen LogP contribution is 2.14. The van der Waals surface area contributed by atoms with Crippen molar-refractivity contribution in [2.24, 2.45) is 0 Å². The fourth-order valence-electron chi connectivity index (χ4n) is 1.55. The summed E-state index contributed by atoms with van der Waals surface area (Å²) in [6.07, 6.45) is 1.62. The van der Waals surface area contributed by atoms with E-state index in [4.69, 9.17) is 4.42 Å². The molecule has 1 aromatic heterocycles. The lowest BCUT2D eigenvalue weighted by Crippen LogP contribution is -2.38. The standard InChI is InChI=1S/C12H21N3O4S/c1-9-5-6-11(19-9)10(2)15-12(16)13-7-4-8-14-20(3,17)18/h5-6,10,14H,4,7-8H2,1-3H3,(H2,13,15,16)/t10-/m0/s1. The zero-order valence-electron chi connectivity index (χ0n) is 11.9. The third-order valence-electron chi connectivity index (χ3n) is 2.54. The number of nitrogens with one attached hydrogen (secondary N) is 3. The van der Waals surface area contributed by atoms with E-state index >= 15 is 0 Å². The number of carbonyl (C=O) groups excluding carboxylic acids is 1. The van der Waals surface area contributed by atoms with Crippen molar-refractivity contribution in [3.63, 3.8) is 0 Å². The minimum Gasteiger partial charge on any atom is -0.464 e. The molecule has 20 heavy (non-hydrogen) atoms. The molecule has 0 radical (unpaired) electrons. The SMILES string of the molecule is Cc1ccc([C@H](C)NC(=O)NCCCNS(C)(=O)=O)o1. The Labute approximate surface area is 119 Å². The van der Waals surface area contributed by atoms with Crippen LogP contribution in [0.1, 0.15) is 30.9 Å². The third-order valence-corrected chi connectivity index (χ3v) is 3.27. The summed E-state index contributed by atoms with van der Waals surface area (Å²) < 4.78 is 29.4. The maximum Gasteiger partial charge on any atom is 0.315 e. The first-order valence-corrected chi connectivity index (χ1v) is 8.22. The number of sulfonamides is 1. The van der Waals surface area contributed by atoms with Gasteiger partial charge in [-0.3, -0.25) is 0 Å². The summed E-state index contributed by atoms with van der Waals surface area (Å²) in [5, 5.41) is 5.38. The van der Waals surface area contributed by atoms with Gasteiger partial charge in [0.15, 0.2) is 0 Å². The molecule has 3 N–H and O–H groups in total. The van der Waals surface area contributed by atoms with Crippen LogP contribution in [0.4, 0.5) is 4.79 Å². The quantitative estimate of drug-likeness (QED) is 0.651. The summed E-state index contributed by atoms with van der Waals surface area (Å²) in [7, 11) is -3.17. The van der Waals surface area contributed by atoms with Gasteiger partial charge in [0.2, 0.25) is 10.0 Å². The molecule has 0 aromatic carbocycles. The van der Waals surface area contributed by atoms with Gasteiger partial charge < -0.3 is 15.1 Å². The molecule has 7 nitrogen and oxygen atoms in total. The molecule has 1 atom stereocenters. The molecule has 0 aliphatic carbocycles. The molecule has 1 rings (SSSR count). The van der Waals surface area contributed by atoms with E-state index in [1.165, 1.54) is 0 Å². The first-order valence-electron chi connectivity index (χ1n) is 6.33. The summed E-state index contributed by atoms with van der Waals surface area (Å²) in [4.78, 5) is 11.6. The van der Waals surface area contributed by atoms with Gasteiger partial charge in [-0.25, -0.2) is 17.9 Å². The van der Waals surface area contributed by atoms with Crippen molar-refractivity contribution in [2.75, 3.05) is 19.3 Å². The molecular formula is C12H21N3O4S. The fourth-order valence-corrected chi connectivity index (χ4v) is 2.07. The minimum atomic E-state index is -3.17. The Morgan fingerprint density at radius 1 is 1.35 bits per heavy atom. The van der Waals surface area contributed by atoms with Gasteiger partial charge in [0.25, 0.3) is 0 Å². The molecule has 0 fully saturated rings. The van der Waals surface area contributed by atoms with Crippen LogP contribution in [0.25, 0.3) is 0 Å². The van der Waals surface area contributed by atoms with Crippen molar-refractivity contribution in [3.8, 4) is 0 Å². The van der Waals surface area contributed by atoms with Gasteiger partial charge in [-0.2, -0.15) is 0 Å². The summed E-state index contributed by atoms with van der Waals surface area (Å²) in [6.45, 7) is 4.35. The largest absolute Gasteiger partial charge is 0.464 e. The molecule has 1 heterocycles. The average molecular weight is 303 g/mol. The lowest BCUT2D eigenvalue weighted by Gasteiger charge is -2.12. The number of amides is 2. The number of carbonyl (C=O) groups is 1. The van der Waals surface area contributed by atoms with Gasteiger partial charge >= 0.3 is 6.03 Å². The van der Waals surface area contributed by atoms with E-state index in [2.05, 4.69) is 15.4 Å². The van der Waals surface area contributed by atoms with E-state index in [-0.39, 0.29) is 12.1 Å². The van der Waals surface area contributed by atoms with Crippen molar-refractivity contribution in [1.82, 2.24) is 15.4 Å².